The summed E-state index contributed by atoms with van der Waals surface area (Å²) in [7, 11) is 0. The molecule has 0 radical (unpaired) electrons. The van der Waals surface area contributed by atoms with Crippen LogP contribution in [-0.2, 0) is 10.5 Å². The number of hydrogen-bond acceptors (Lipinski definition) is 6. The molecule has 4 heterocycles. The van der Waals surface area contributed by atoms with Gasteiger partial charge in [0.1, 0.15) is 5.70 Å². The van der Waals surface area contributed by atoms with Crippen molar-refractivity contribution in [3.8, 4) is 0 Å². The van der Waals surface area contributed by atoms with Crippen LogP contribution >= 0.6 is 11.3 Å². The molecule has 0 spiro atoms. The van der Waals surface area contributed by atoms with Crippen LogP contribution in [0.4, 0.5) is 0 Å². The molecular weight excluding hydrogens is 368 g/mol. The second kappa shape index (κ2) is 6.90. The average molecular weight is 384 g/mol. The number of benzene rings is 1. The van der Waals surface area contributed by atoms with Crippen molar-refractivity contribution in [2.45, 2.75) is 5.72 Å². The number of nitrogens with one attached hydrogen (secondary N) is 1. The highest BCUT2D eigenvalue weighted by Crippen LogP contribution is 2.44. The second-order valence-corrected chi connectivity index (χ2v) is 7.19. The molecule has 0 saturated carbocycles. The Morgan fingerprint density at radius 2 is 1.57 bits per heavy atom. The van der Waals surface area contributed by atoms with Crippen LogP contribution in [0.2, 0.25) is 0 Å². The zero-order valence-electron chi connectivity index (χ0n) is 14.8. The van der Waals surface area contributed by atoms with Gasteiger partial charge in [-0.2, -0.15) is 0 Å². The van der Waals surface area contributed by atoms with Crippen LogP contribution in [0.1, 0.15) is 22.0 Å². The highest BCUT2D eigenvalue weighted by atomic mass is 32.1. The van der Waals surface area contributed by atoms with Crippen molar-refractivity contribution < 1.29 is 4.74 Å². The number of hydrogen-bond donors (Lipinski definition) is 1. The van der Waals surface area contributed by atoms with Crippen LogP contribution < -0.4 is 5.32 Å². The van der Waals surface area contributed by atoms with Crippen LogP contribution in [0, 0.1) is 0 Å². The van der Waals surface area contributed by atoms with Gasteiger partial charge in [-0.15, -0.1) is 11.3 Å². The summed E-state index contributed by atoms with van der Waals surface area (Å²) >= 11 is 1.62. The Balaban J connectivity index is 1.72. The van der Waals surface area contributed by atoms with Gasteiger partial charge < -0.3 is 10.1 Å². The number of ether oxygens (including phenoxy) is 1. The van der Waals surface area contributed by atoms with E-state index in [0.717, 1.165) is 27.6 Å². The van der Waals surface area contributed by atoms with Gasteiger partial charge >= 0.3 is 0 Å². The molecular formula is C22H16N4OS. The van der Waals surface area contributed by atoms with E-state index in [-0.39, 0.29) is 0 Å². The summed E-state index contributed by atoms with van der Waals surface area (Å²) in [5, 5.41) is 5.60. The molecule has 136 valence electrons. The van der Waals surface area contributed by atoms with Crippen molar-refractivity contribution >= 4 is 22.8 Å². The summed E-state index contributed by atoms with van der Waals surface area (Å²) in [6.07, 6.45) is 5.22. The molecule has 1 aromatic carbocycles. The summed E-state index contributed by atoms with van der Waals surface area (Å²) in [6, 6.07) is 21.6. The zero-order chi connectivity index (χ0) is 18.8. The van der Waals surface area contributed by atoms with Crippen molar-refractivity contribution in [2.75, 3.05) is 0 Å². The molecule has 0 aliphatic carbocycles. The molecule has 4 aromatic rings. The number of thiophene rings is 1. The molecule has 0 fully saturated rings. The summed E-state index contributed by atoms with van der Waals surface area (Å²) in [5.41, 5.74) is 1.51. The average Bonchev–Trinajstić information content (AvgIpc) is 3.44. The lowest BCUT2D eigenvalue weighted by Crippen LogP contribution is -2.41. The first-order valence-corrected chi connectivity index (χ1v) is 9.74. The third kappa shape index (κ3) is 2.75. The third-order valence-electron chi connectivity index (χ3n) is 4.51. The molecule has 6 heteroatoms. The number of rotatable bonds is 4. The summed E-state index contributed by atoms with van der Waals surface area (Å²) < 4.78 is 6.65. The molecule has 1 unspecified atom stereocenters. The fraction of sp³-hybridized carbons (Fsp3) is 0.0455. The van der Waals surface area contributed by atoms with E-state index in [1.165, 1.54) is 0 Å². The van der Waals surface area contributed by atoms with E-state index >= 15 is 0 Å². The molecule has 28 heavy (non-hydrogen) atoms. The first kappa shape index (κ1) is 16.6. The minimum Gasteiger partial charge on any atom is -0.452 e. The second-order valence-electron chi connectivity index (χ2n) is 6.24. The van der Waals surface area contributed by atoms with Gasteiger partial charge in [-0.05, 0) is 29.6 Å². The predicted molar refractivity (Wildman–Crippen MR) is 109 cm³/mol. The quantitative estimate of drug-likeness (QED) is 0.569. The maximum Gasteiger partial charge on any atom is 0.268 e. The third-order valence-corrected chi connectivity index (χ3v) is 5.38. The van der Waals surface area contributed by atoms with Gasteiger partial charge in [-0.3, -0.25) is 4.98 Å². The molecule has 1 N–H and O–H groups in total. The Morgan fingerprint density at radius 3 is 2.29 bits per heavy atom. The van der Waals surface area contributed by atoms with E-state index in [1.807, 2.05) is 66.0 Å². The summed E-state index contributed by atoms with van der Waals surface area (Å²) in [6.45, 7) is 0. The lowest BCUT2D eigenvalue weighted by atomic mass is 10.0. The van der Waals surface area contributed by atoms with Crippen LogP contribution in [-0.4, -0.2) is 15.0 Å². The van der Waals surface area contributed by atoms with Gasteiger partial charge in [0.05, 0.1) is 10.6 Å². The standard InChI is InChI=1S/C22H16N4OS/c1-2-8-16(9-3-1)22(21-24-13-7-14-25-21)26-19(17-10-4-5-12-23-17)20(27-22)18-11-6-15-28-18/h1-15,26H. The fourth-order valence-corrected chi connectivity index (χ4v) is 3.96. The number of aromatic nitrogens is 3. The Hall–Kier alpha value is -3.51. The van der Waals surface area contributed by atoms with Crippen molar-refractivity contribution in [2.24, 2.45) is 0 Å². The number of pyridine rings is 1. The Morgan fingerprint density at radius 1 is 0.786 bits per heavy atom. The van der Waals surface area contributed by atoms with Crippen molar-refractivity contribution in [1.82, 2.24) is 20.3 Å². The highest BCUT2D eigenvalue weighted by molar-refractivity contribution is 7.11. The molecule has 1 aliphatic heterocycles. The van der Waals surface area contributed by atoms with Gasteiger partial charge in [0.25, 0.3) is 5.72 Å². The van der Waals surface area contributed by atoms with Crippen LogP contribution in [0.3, 0.4) is 0 Å². The minimum atomic E-state index is -1.03. The van der Waals surface area contributed by atoms with E-state index in [0.29, 0.717) is 5.82 Å². The largest absolute Gasteiger partial charge is 0.452 e. The van der Waals surface area contributed by atoms with E-state index in [2.05, 4.69) is 20.3 Å². The molecule has 5 nitrogen and oxygen atoms in total. The maximum atomic E-state index is 6.65. The Kier molecular flexibility index (Phi) is 4.10. The predicted octanol–water partition coefficient (Wildman–Crippen LogP) is 4.28. The SMILES string of the molecule is c1ccc(C2(c3ncccn3)NC(c3ccccn3)=C(c3cccs3)O2)cc1. The van der Waals surface area contributed by atoms with Crippen LogP contribution in [0.5, 0.6) is 0 Å². The smallest absolute Gasteiger partial charge is 0.268 e. The molecule has 3 aromatic heterocycles. The van der Waals surface area contributed by atoms with E-state index in [4.69, 9.17) is 4.74 Å². The van der Waals surface area contributed by atoms with Gasteiger partial charge in [0.15, 0.2) is 11.6 Å². The van der Waals surface area contributed by atoms with E-state index < -0.39 is 5.72 Å². The first-order valence-electron chi connectivity index (χ1n) is 8.86. The number of nitrogens with zero attached hydrogens (tertiary/aromatic N) is 3. The maximum absolute atomic E-state index is 6.65. The normalized spacial score (nSPS) is 18.6. The van der Waals surface area contributed by atoms with Gasteiger partial charge in [-0.25, -0.2) is 9.97 Å². The first-order chi connectivity index (χ1) is 13.9. The molecule has 0 bridgehead atoms. The molecule has 5 rings (SSSR count). The van der Waals surface area contributed by atoms with Crippen molar-refractivity contribution in [1.29, 1.82) is 0 Å². The molecule has 0 saturated heterocycles. The topological polar surface area (TPSA) is 59.9 Å². The van der Waals surface area contributed by atoms with Crippen molar-refractivity contribution in [3.05, 3.63) is 113 Å². The van der Waals surface area contributed by atoms with Gasteiger partial charge in [-0.1, -0.05) is 42.5 Å². The van der Waals surface area contributed by atoms with E-state index in [9.17, 15) is 0 Å². The molecule has 1 aliphatic rings. The lowest BCUT2D eigenvalue weighted by molar-refractivity contribution is 0.0705. The van der Waals surface area contributed by atoms with E-state index in [1.54, 1.807) is 36.0 Å². The van der Waals surface area contributed by atoms with Crippen LogP contribution in [0.25, 0.3) is 11.5 Å². The highest BCUT2D eigenvalue weighted by Gasteiger charge is 2.47. The minimum absolute atomic E-state index is 0.543. The lowest BCUT2D eigenvalue weighted by Gasteiger charge is -2.29. The Labute approximate surface area is 166 Å². The van der Waals surface area contributed by atoms with Gasteiger partial charge in [0.2, 0.25) is 0 Å². The van der Waals surface area contributed by atoms with Crippen LogP contribution in [0.15, 0.2) is 90.7 Å². The fourth-order valence-electron chi connectivity index (χ4n) is 3.25. The summed E-state index contributed by atoms with van der Waals surface area (Å²) in [5.74, 6) is 1.28. The molecule has 0 amide bonds. The molecule has 1 atom stereocenters. The van der Waals surface area contributed by atoms with Gasteiger partial charge in [0, 0.05) is 24.2 Å². The monoisotopic (exact) mass is 384 g/mol. The van der Waals surface area contributed by atoms with Crippen molar-refractivity contribution in [3.63, 3.8) is 0 Å². The summed E-state index contributed by atoms with van der Waals surface area (Å²) in [4.78, 5) is 14.6. The Bertz CT molecular complexity index is 1060. The zero-order valence-corrected chi connectivity index (χ0v) is 15.6.